The first-order valence-electron chi connectivity index (χ1n) is 5.49. The van der Waals surface area contributed by atoms with Crippen LogP contribution < -0.4 is 5.14 Å². The normalized spacial score (nSPS) is 12.3. The number of primary sulfonamides is 1. The number of esters is 1. The number of rotatable bonds is 6. The molecule has 1 aromatic rings. The maximum atomic E-state index is 11.6. The number of sulfonamides is 1. The van der Waals surface area contributed by atoms with Crippen molar-refractivity contribution in [3.8, 4) is 0 Å². The van der Waals surface area contributed by atoms with Crippen LogP contribution in [0.15, 0.2) is 11.2 Å². The second-order valence-electron chi connectivity index (χ2n) is 3.98. The lowest BCUT2D eigenvalue weighted by atomic mass is 10.4. The molecule has 0 aromatic carbocycles. The van der Waals surface area contributed by atoms with Crippen LogP contribution in [0.4, 0.5) is 0 Å². The summed E-state index contributed by atoms with van der Waals surface area (Å²) < 4.78 is 50.8. The number of carbonyl (C=O) groups excluding carboxylic acids is 1. The van der Waals surface area contributed by atoms with Gasteiger partial charge in [0.25, 0.3) is 10.0 Å². The lowest BCUT2D eigenvalue weighted by molar-refractivity contribution is 0.0521. The summed E-state index contributed by atoms with van der Waals surface area (Å²) in [6, 6.07) is 0. The molecule has 0 atom stereocenters. The molecule has 0 amide bonds. The number of ether oxygens (including phenoxy) is 1. The number of hydrogen-bond acceptors (Lipinski definition) is 7. The van der Waals surface area contributed by atoms with Crippen LogP contribution in [0.2, 0.25) is 0 Å². The van der Waals surface area contributed by atoms with Crippen molar-refractivity contribution in [2.45, 2.75) is 18.5 Å². The van der Waals surface area contributed by atoms with Crippen LogP contribution in [0.1, 0.15) is 17.3 Å². The van der Waals surface area contributed by atoms with E-state index in [2.05, 4.69) is 5.10 Å². The van der Waals surface area contributed by atoms with Gasteiger partial charge < -0.3 is 4.74 Å². The van der Waals surface area contributed by atoms with Gasteiger partial charge in [-0.2, -0.15) is 5.10 Å². The molecule has 0 radical (unpaired) electrons. The van der Waals surface area contributed by atoms with Crippen LogP contribution in [0, 0.1) is 0 Å². The molecule has 0 unspecified atom stereocenters. The average Bonchev–Trinajstić information content (AvgIpc) is 2.69. The number of nitrogens with two attached hydrogens (primary N) is 1. The summed E-state index contributed by atoms with van der Waals surface area (Å²) in [5.41, 5.74) is -0.317. The highest BCUT2D eigenvalue weighted by atomic mass is 32.2. The highest BCUT2D eigenvalue weighted by Crippen LogP contribution is 2.15. The van der Waals surface area contributed by atoms with Gasteiger partial charge in [0.15, 0.2) is 5.03 Å². The van der Waals surface area contributed by atoms with Crippen molar-refractivity contribution in [3.05, 3.63) is 11.8 Å². The third-order valence-electron chi connectivity index (χ3n) is 2.23. The molecule has 114 valence electrons. The van der Waals surface area contributed by atoms with Gasteiger partial charge in [0, 0.05) is 6.26 Å². The number of nitrogens with zero attached hydrogens (tertiary/aromatic N) is 2. The largest absolute Gasteiger partial charge is 0.462 e. The fourth-order valence-corrected chi connectivity index (χ4v) is 2.81. The molecule has 1 rings (SSSR count). The van der Waals surface area contributed by atoms with Crippen LogP contribution in [0.25, 0.3) is 0 Å². The van der Waals surface area contributed by atoms with E-state index in [-0.39, 0.29) is 24.5 Å². The summed E-state index contributed by atoms with van der Waals surface area (Å²) in [5.74, 6) is -1.22. The van der Waals surface area contributed by atoms with Gasteiger partial charge in [-0.3, -0.25) is 4.68 Å². The molecule has 0 aliphatic carbocycles. The van der Waals surface area contributed by atoms with E-state index in [4.69, 9.17) is 9.88 Å². The monoisotopic (exact) mass is 325 g/mol. The number of sulfone groups is 1. The van der Waals surface area contributed by atoms with Gasteiger partial charge in [0.1, 0.15) is 15.4 Å². The highest BCUT2D eigenvalue weighted by Gasteiger charge is 2.26. The number of hydrogen-bond donors (Lipinski definition) is 1. The SMILES string of the molecule is CCOC(=O)c1cnn(CCS(C)(=O)=O)c1S(N)(=O)=O. The summed E-state index contributed by atoms with van der Waals surface area (Å²) >= 11 is 0. The summed E-state index contributed by atoms with van der Waals surface area (Å²) in [4.78, 5) is 11.6. The van der Waals surface area contributed by atoms with Crippen molar-refractivity contribution < 1.29 is 26.4 Å². The summed E-state index contributed by atoms with van der Waals surface area (Å²) in [7, 11) is -7.57. The number of aromatic nitrogens is 2. The summed E-state index contributed by atoms with van der Waals surface area (Å²) in [6.45, 7) is 1.38. The minimum Gasteiger partial charge on any atom is -0.462 e. The van der Waals surface area contributed by atoms with Crippen LogP contribution in [0.3, 0.4) is 0 Å². The van der Waals surface area contributed by atoms with Gasteiger partial charge in [0.05, 0.1) is 25.1 Å². The quantitative estimate of drug-likeness (QED) is 0.645. The Bertz CT molecular complexity index is 704. The summed E-state index contributed by atoms with van der Waals surface area (Å²) in [6.07, 6.45) is 1.99. The fraction of sp³-hybridized carbons (Fsp3) is 0.556. The zero-order valence-electron chi connectivity index (χ0n) is 10.9. The van der Waals surface area contributed by atoms with Crippen molar-refractivity contribution in [1.82, 2.24) is 9.78 Å². The molecule has 0 saturated carbocycles. The molecule has 9 nitrogen and oxygen atoms in total. The third-order valence-corrected chi connectivity index (χ3v) is 4.12. The molecular weight excluding hydrogens is 310 g/mol. The maximum absolute atomic E-state index is 11.6. The van der Waals surface area contributed by atoms with E-state index in [9.17, 15) is 21.6 Å². The molecule has 11 heteroatoms. The van der Waals surface area contributed by atoms with E-state index in [1.807, 2.05) is 0 Å². The van der Waals surface area contributed by atoms with E-state index >= 15 is 0 Å². The van der Waals surface area contributed by atoms with Crippen molar-refractivity contribution in [1.29, 1.82) is 0 Å². The van der Waals surface area contributed by atoms with E-state index in [1.165, 1.54) is 0 Å². The Morgan fingerprint density at radius 3 is 2.45 bits per heavy atom. The van der Waals surface area contributed by atoms with E-state index in [1.54, 1.807) is 6.92 Å². The minimum absolute atomic E-state index is 0.0530. The van der Waals surface area contributed by atoms with Crippen molar-refractivity contribution >= 4 is 25.8 Å². The smallest absolute Gasteiger partial charge is 0.342 e. The molecule has 2 N–H and O–H groups in total. The van der Waals surface area contributed by atoms with Crippen LogP contribution in [-0.4, -0.2) is 51.2 Å². The molecule has 0 aliphatic rings. The number of carbonyl (C=O) groups is 1. The van der Waals surface area contributed by atoms with E-state index in [0.29, 0.717) is 0 Å². The van der Waals surface area contributed by atoms with Gasteiger partial charge in [-0.15, -0.1) is 0 Å². The van der Waals surface area contributed by atoms with Gasteiger partial charge >= 0.3 is 5.97 Å². The number of aryl methyl sites for hydroxylation is 1. The highest BCUT2D eigenvalue weighted by molar-refractivity contribution is 7.90. The van der Waals surface area contributed by atoms with Crippen molar-refractivity contribution in [2.75, 3.05) is 18.6 Å². The fourth-order valence-electron chi connectivity index (χ4n) is 1.43. The Balaban J connectivity index is 3.24. The average molecular weight is 325 g/mol. The Kier molecular flexibility index (Phi) is 4.89. The predicted octanol–water partition coefficient (Wildman–Crippen LogP) is -1.25. The molecule has 20 heavy (non-hydrogen) atoms. The Morgan fingerprint density at radius 2 is 2.00 bits per heavy atom. The predicted molar refractivity (Wildman–Crippen MR) is 69.3 cm³/mol. The topological polar surface area (TPSA) is 138 Å². The second kappa shape index (κ2) is 5.89. The lowest BCUT2D eigenvalue weighted by Crippen LogP contribution is -2.23. The molecule has 0 fully saturated rings. The van der Waals surface area contributed by atoms with Crippen LogP contribution in [-0.2, 0) is 31.1 Å². The lowest BCUT2D eigenvalue weighted by Gasteiger charge is -2.07. The van der Waals surface area contributed by atoms with E-state index in [0.717, 1.165) is 17.1 Å². The van der Waals surface area contributed by atoms with Crippen LogP contribution in [0.5, 0.6) is 0 Å². The molecule has 0 saturated heterocycles. The first-order valence-corrected chi connectivity index (χ1v) is 9.10. The zero-order chi connectivity index (χ0) is 15.6. The standard InChI is InChI=1S/C9H15N3O6S2/c1-3-18-9(13)7-6-11-12(4-5-19(2,14)15)8(7)20(10,16)17/h6H,3-5H2,1-2H3,(H2,10,16,17). The third kappa shape index (κ3) is 4.28. The molecule has 0 aliphatic heterocycles. The van der Waals surface area contributed by atoms with Gasteiger partial charge in [0.2, 0.25) is 0 Å². The van der Waals surface area contributed by atoms with Crippen molar-refractivity contribution in [2.24, 2.45) is 5.14 Å². The van der Waals surface area contributed by atoms with E-state index < -0.39 is 30.9 Å². The Morgan fingerprint density at radius 1 is 1.40 bits per heavy atom. The van der Waals surface area contributed by atoms with Gasteiger partial charge in [-0.25, -0.2) is 26.8 Å². The summed E-state index contributed by atoms with van der Waals surface area (Å²) in [5, 5.41) is 8.16. The second-order valence-corrected chi connectivity index (χ2v) is 7.72. The molecule has 0 bridgehead atoms. The van der Waals surface area contributed by atoms with Crippen LogP contribution >= 0.6 is 0 Å². The first kappa shape index (κ1) is 16.6. The Hall–Kier alpha value is -1.46. The molecule has 0 spiro atoms. The van der Waals surface area contributed by atoms with Gasteiger partial charge in [-0.1, -0.05) is 0 Å². The zero-order valence-corrected chi connectivity index (χ0v) is 12.6. The van der Waals surface area contributed by atoms with Gasteiger partial charge in [-0.05, 0) is 6.92 Å². The molecule has 1 heterocycles. The minimum atomic E-state index is -4.25. The molecular formula is C9H15N3O6S2. The van der Waals surface area contributed by atoms with Crippen molar-refractivity contribution in [3.63, 3.8) is 0 Å². The Labute approximate surface area is 116 Å². The maximum Gasteiger partial charge on any atom is 0.342 e. The first-order chi connectivity index (χ1) is 9.06. The molecule has 1 aromatic heterocycles.